The van der Waals surface area contributed by atoms with Gasteiger partial charge in [-0.2, -0.15) is 10.4 Å². The van der Waals surface area contributed by atoms with Gasteiger partial charge in [-0.3, -0.25) is 19.7 Å². The Morgan fingerprint density at radius 1 is 1.00 bits per heavy atom. The van der Waals surface area contributed by atoms with Gasteiger partial charge in [0.05, 0.1) is 31.0 Å². The van der Waals surface area contributed by atoms with Crippen molar-refractivity contribution < 1.29 is 19.1 Å². The number of piperidine rings is 2. The van der Waals surface area contributed by atoms with E-state index in [1.807, 2.05) is 88.6 Å². The highest BCUT2D eigenvalue weighted by Crippen LogP contribution is 2.29. The first-order valence-corrected chi connectivity index (χ1v) is 16.6. The van der Waals surface area contributed by atoms with E-state index in [1.165, 1.54) is 5.56 Å². The smallest absolute Gasteiger partial charge is 0.253 e. The van der Waals surface area contributed by atoms with Crippen LogP contribution in [-0.4, -0.2) is 69.9 Å². The number of carbonyl (C=O) groups excluding carboxylic acids is 1. The van der Waals surface area contributed by atoms with Crippen molar-refractivity contribution >= 4 is 16.9 Å². The van der Waals surface area contributed by atoms with Crippen LogP contribution in [0.15, 0.2) is 89.6 Å². The topological polar surface area (TPSA) is 120 Å². The first-order chi connectivity index (χ1) is 23.4. The minimum absolute atomic E-state index is 0.00364. The largest absolute Gasteiger partial charge is 0.497 e. The Kier molecular flexibility index (Phi) is 9.25. The molecule has 2 aliphatic rings. The van der Waals surface area contributed by atoms with Crippen LogP contribution in [0.3, 0.4) is 0 Å². The molecule has 0 spiro atoms. The average Bonchev–Trinajstić information content (AvgIpc) is 3.81. The molecule has 1 atom stereocenters. The van der Waals surface area contributed by atoms with Crippen molar-refractivity contribution in [2.75, 3.05) is 33.3 Å². The van der Waals surface area contributed by atoms with Crippen LogP contribution in [0.5, 0.6) is 5.75 Å². The number of likely N-dealkylation sites (tertiary alicyclic amines) is 2. The highest BCUT2D eigenvalue weighted by Gasteiger charge is 2.27. The van der Waals surface area contributed by atoms with Crippen molar-refractivity contribution in [3.8, 4) is 22.9 Å². The van der Waals surface area contributed by atoms with Gasteiger partial charge in [0.15, 0.2) is 6.23 Å². The molecule has 7 rings (SSSR count). The van der Waals surface area contributed by atoms with E-state index in [0.29, 0.717) is 35.6 Å². The fourth-order valence-corrected chi connectivity index (χ4v) is 6.82. The number of amides is 1. The van der Waals surface area contributed by atoms with Gasteiger partial charge in [-0.25, -0.2) is 0 Å². The number of nitrogens with one attached hydrogen (secondary N) is 1. The van der Waals surface area contributed by atoms with Crippen LogP contribution in [0, 0.1) is 11.3 Å². The zero-order valence-corrected chi connectivity index (χ0v) is 27.1. The number of aliphatic hydroxyl groups excluding tert-OH is 1. The molecule has 2 fully saturated rings. The Morgan fingerprint density at radius 3 is 2.46 bits per heavy atom. The number of ether oxygens (including phenoxy) is 1. The lowest BCUT2D eigenvalue weighted by molar-refractivity contribution is 0.0690. The summed E-state index contributed by atoms with van der Waals surface area (Å²) >= 11 is 0. The molecule has 3 aromatic carbocycles. The summed E-state index contributed by atoms with van der Waals surface area (Å²) in [5, 5.41) is 28.8. The van der Waals surface area contributed by atoms with Gasteiger partial charge in [0.2, 0.25) is 0 Å². The molecule has 4 heterocycles. The van der Waals surface area contributed by atoms with Gasteiger partial charge in [-0.15, -0.1) is 0 Å². The summed E-state index contributed by atoms with van der Waals surface area (Å²) in [5.74, 6) is 1.28. The third-order valence-corrected chi connectivity index (χ3v) is 9.67. The quantitative estimate of drug-likeness (QED) is 0.191. The van der Waals surface area contributed by atoms with Crippen LogP contribution in [-0.2, 0) is 6.54 Å². The molecule has 10 nitrogen and oxygen atoms in total. The van der Waals surface area contributed by atoms with Crippen molar-refractivity contribution in [3.05, 3.63) is 108 Å². The molecule has 0 radical (unpaired) electrons. The summed E-state index contributed by atoms with van der Waals surface area (Å²) < 4.78 is 13.3. The lowest BCUT2D eigenvalue weighted by atomic mass is 10.0. The number of aliphatic hydroxyl groups is 1. The first kappa shape index (κ1) is 31.6. The van der Waals surface area contributed by atoms with E-state index in [0.717, 1.165) is 67.6 Å². The number of nitrogens with zero attached hydrogens (tertiary/aromatic N) is 5. The van der Waals surface area contributed by atoms with Crippen LogP contribution >= 0.6 is 0 Å². The van der Waals surface area contributed by atoms with Gasteiger partial charge in [0.25, 0.3) is 5.91 Å². The van der Waals surface area contributed by atoms with Crippen LogP contribution < -0.4 is 10.1 Å². The SMILES string of the molecule is COc1ccc(-c2cnn(C3CCN(C(=O)c4ccc5oc(C(O)NC6CCN(Cc7ccc(C#N)cc7)CC6)cc5c4)CC3)c2)cc1. The summed E-state index contributed by atoms with van der Waals surface area (Å²) in [6, 6.07) is 25.6. The zero-order valence-electron chi connectivity index (χ0n) is 27.1. The summed E-state index contributed by atoms with van der Waals surface area (Å²) in [6.07, 6.45) is 6.53. The number of nitriles is 1. The van der Waals surface area contributed by atoms with Crippen molar-refractivity contribution in [1.82, 2.24) is 24.9 Å². The van der Waals surface area contributed by atoms with Crippen molar-refractivity contribution in [3.63, 3.8) is 0 Å². The van der Waals surface area contributed by atoms with Crippen molar-refractivity contribution in [2.24, 2.45) is 0 Å². The summed E-state index contributed by atoms with van der Waals surface area (Å²) in [5.41, 5.74) is 5.28. The normalized spacial score (nSPS) is 17.0. The van der Waals surface area contributed by atoms with Gasteiger partial charge in [-0.05, 0) is 98.4 Å². The Hall–Kier alpha value is -4.95. The third-order valence-electron chi connectivity index (χ3n) is 9.67. The number of benzene rings is 3. The minimum atomic E-state index is -0.932. The van der Waals surface area contributed by atoms with E-state index in [4.69, 9.17) is 14.4 Å². The lowest BCUT2D eigenvalue weighted by Crippen LogP contribution is -2.43. The predicted octanol–water partition coefficient (Wildman–Crippen LogP) is 5.90. The molecule has 246 valence electrons. The molecule has 5 aromatic rings. The molecule has 2 saturated heterocycles. The number of aromatic nitrogens is 2. The molecular weight excluding hydrogens is 604 g/mol. The Balaban J connectivity index is 0.907. The molecule has 10 heteroatoms. The molecule has 2 aromatic heterocycles. The molecular formula is C38H40N6O4. The molecule has 1 amide bonds. The van der Waals surface area contributed by atoms with Gasteiger partial charge in [-0.1, -0.05) is 24.3 Å². The Bertz CT molecular complexity index is 1890. The summed E-state index contributed by atoms with van der Waals surface area (Å²) in [6.45, 7) is 4.00. The monoisotopic (exact) mass is 644 g/mol. The van der Waals surface area contributed by atoms with Gasteiger partial charge in [0.1, 0.15) is 17.1 Å². The fourth-order valence-electron chi connectivity index (χ4n) is 6.82. The van der Waals surface area contributed by atoms with Gasteiger partial charge in [0, 0.05) is 48.4 Å². The second-order valence-corrected chi connectivity index (χ2v) is 12.8. The minimum Gasteiger partial charge on any atom is -0.497 e. The van der Waals surface area contributed by atoms with E-state index in [2.05, 4.69) is 27.6 Å². The van der Waals surface area contributed by atoms with Gasteiger partial charge >= 0.3 is 0 Å². The first-order valence-electron chi connectivity index (χ1n) is 16.6. The van der Waals surface area contributed by atoms with Crippen LogP contribution in [0.25, 0.3) is 22.1 Å². The summed E-state index contributed by atoms with van der Waals surface area (Å²) in [4.78, 5) is 17.8. The molecule has 1 unspecified atom stereocenters. The Labute approximate surface area is 280 Å². The molecule has 48 heavy (non-hydrogen) atoms. The van der Waals surface area contributed by atoms with Crippen LogP contribution in [0.1, 0.15) is 65.2 Å². The Morgan fingerprint density at radius 2 is 1.75 bits per heavy atom. The van der Waals surface area contributed by atoms with Gasteiger partial charge < -0.3 is 19.2 Å². The summed E-state index contributed by atoms with van der Waals surface area (Å²) in [7, 11) is 1.66. The van der Waals surface area contributed by atoms with Crippen LogP contribution in [0.2, 0.25) is 0 Å². The third kappa shape index (κ3) is 6.99. The fraction of sp³-hybridized carbons (Fsp3) is 0.342. The predicted molar refractivity (Wildman–Crippen MR) is 182 cm³/mol. The standard InChI is InChI=1S/C38H40N6O4/c1-47-34-9-6-28(7-10-34)31-23-40-44(25-31)33-14-18-43(19-15-33)38(46)29-8-11-35-30(20-29)21-36(48-35)37(45)41-32-12-16-42(17-13-32)24-27-4-2-26(22-39)3-5-27/h2-11,20-21,23,25,32-33,37,41,45H,12-19,24H2,1H3. The lowest BCUT2D eigenvalue weighted by Gasteiger charge is -2.33. The number of furan rings is 1. The average molecular weight is 645 g/mol. The number of methoxy groups -OCH3 is 1. The van der Waals surface area contributed by atoms with Crippen molar-refractivity contribution in [1.29, 1.82) is 5.26 Å². The second-order valence-electron chi connectivity index (χ2n) is 12.8. The maximum Gasteiger partial charge on any atom is 0.253 e. The zero-order chi connectivity index (χ0) is 33.0. The van der Waals surface area contributed by atoms with E-state index < -0.39 is 6.23 Å². The van der Waals surface area contributed by atoms with E-state index in [9.17, 15) is 9.90 Å². The highest BCUT2D eigenvalue weighted by atomic mass is 16.5. The van der Waals surface area contributed by atoms with Crippen molar-refractivity contribution in [2.45, 2.75) is 50.5 Å². The molecule has 0 saturated carbocycles. The highest BCUT2D eigenvalue weighted by molar-refractivity contribution is 5.98. The number of rotatable bonds is 9. The molecule has 0 aliphatic carbocycles. The van der Waals surface area contributed by atoms with Crippen LogP contribution in [0.4, 0.5) is 0 Å². The number of carbonyl (C=O) groups is 1. The molecule has 2 aliphatic heterocycles. The maximum absolute atomic E-state index is 13.5. The van der Waals surface area contributed by atoms with E-state index in [-0.39, 0.29) is 18.0 Å². The second kappa shape index (κ2) is 14.0. The molecule has 0 bridgehead atoms. The van der Waals surface area contributed by atoms with E-state index in [1.54, 1.807) is 7.11 Å². The number of hydrogen-bond donors (Lipinski definition) is 2. The van der Waals surface area contributed by atoms with E-state index >= 15 is 0 Å². The number of hydrogen-bond acceptors (Lipinski definition) is 8. The maximum atomic E-state index is 13.5. The number of fused-ring (bicyclic) bond motifs is 1. The molecule has 2 N–H and O–H groups in total.